The van der Waals surface area contributed by atoms with Crippen molar-refractivity contribution in [3.05, 3.63) is 34.9 Å². The number of rotatable bonds is 4. The normalized spacial score (nSPS) is 22.0. The maximum absolute atomic E-state index is 12.6. The molecular weight excluding hydrogens is 300 g/mol. The van der Waals surface area contributed by atoms with Gasteiger partial charge in [0.05, 0.1) is 12.1 Å². The highest BCUT2D eigenvalue weighted by Crippen LogP contribution is 2.27. The molecule has 124 valence electrons. The van der Waals surface area contributed by atoms with E-state index in [1.165, 1.54) is 16.7 Å². The Bertz CT molecular complexity index is 521. The van der Waals surface area contributed by atoms with Gasteiger partial charge in [0.25, 0.3) is 5.91 Å². The second-order valence-electron chi connectivity index (χ2n) is 6.04. The topological polar surface area (TPSA) is 55.6 Å². The molecule has 22 heavy (non-hydrogen) atoms. The lowest BCUT2D eigenvalue weighted by molar-refractivity contribution is -0.143. The predicted octanol–water partition coefficient (Wildman–Crippen LogP) is 2.75. The van der Waals surface area contributed by atoms with E-state index in [-0.39, 0.29) is 36.6 Å². The quantitative estimate of drug-likeness (QED) is 0.925. The molecule has 0 radical (unpaired) electrons. The van der Waals surface area contributed by atoms with Crippen LogP contribution in [0.25, 0.3) is 0 Å². The number of nitrogens with two attached hydrogens (primary N) is 1. The van der Waals surface area contributed by atoms with Gasteiger partial charge in [-0.05, 0) is 44.7 Å². The van der Waals surface area contributed by atoms with Crippen LogP contribution in [0.15, 0.2) is 18.2 Å². The van der Waals surface area contributed by atoms with Crippen molar-refractivity contribution in [1.82, 2.24) is 4.90 Å². The Morgan fingerprint density at radius 1 is 1.41 bits per heavy atom. The highest BCUT2D eigenvalue weighted by molar-refractivity contribution is 5.85. The average Bonchev–Trinajstić information content (AvgIpc) is 2.96. The number of aryl methyl sites for hydroxylation is 2. The molecule has 0 spiro atoms. The van der Waals surface area contributed by atoms with E-state index in [4.69, 9.17) is 10.5 Å². The van der Waals surface area contributed by atoms with Gasteiger partial charge in [-0.1, -0.05) is 23.8 Å². The molecule has 3 atom stereocenters. The summed E-state index contributed by atoms with van der Waals surface area (Å²) in [6.07, 6.45) is 1.34. The largest absolute Gasteiger partial charge is 0.364 e. The van der Waals surface area contributed by atoms with Crippen LogP contribution in [0.3, 0.4) is 0 Å². The maximum Gasteiger partial charge on any atom is 0.251 e. The van der Waals surface area contributed by atoms with Crippen LogP contribution in [0, 0.1) is 13.8 Å². The zero-order valence-electron chi connectivity index (χ0n) is 13.8. The first-order chi connectivity index (χ1) is 9.93. The minimum atomic E-state index is -0.337. The Kier molecular flexibility index (Phi) is 6.85. The van der Waals surface area contributed by atoms with Crippen molar-refractivity contribution in [2.45, 2.75) is 51.9 Å². The van der Waals surface area contributed by atoms with Gasteiger partial charge in [0.2, 0.25) is 0 Å². The van der Waals surface area contributed by atoms with Gasteiger partial charge >= 0.3 is 0 Å². The first-order valence-corrected chi connectivity index (χ1v) is 7.63. The van der Waals surface area contributed by atoms with Crippen LogP contribution >= 0.6 is 12.4 Å². The molecule has 1 aliphatic heterocycles. The van der Waals surface area contributed by atoms with Crippen molar-refractivity contribution >= 4 is 18.3 Å². The van der Waals surface area contributed by atoms with E-state index in [1.807, 2.05) is 7.05 Å². The Labute approximate surface area is 139 Å². The minimum Gasteiger partial charge on any atom is -0.364 e. The number of benzene rings is 1. The summed E-state index contributed by atoms with van der Waals surface area (Å²) in [5.74, 6) is 0.0550. The number of carbonyl (C=O) groups excluding carboxylic acids is 1. The second-order valence-corrected chi connectivity index (χ2v) is 6.04. The minimum absolute atomic E-state index is 0. The fraction of sp³-hybridized carbons (Fsp3) is 0.588. The third-order valence-electron chi connectivity index (χ3n) is 4.46. The predicted molar refractivity (Wildman–Crippen MR) is 91.3 cm³/mol. The molecule has 0 saturated carbocycles. The van der Waals surface area contributed by atoms with Crippen LogP contribution in [0.1, 0.15) is 42.5 Å². The van der Waals surface area contributed by atoms with Crippen molar-refractivity contribution < 1.29 is 9.53 Å². The number of likely N-dealkylation sites (N-methyl/N-ethyl adjacent to an activating group) is 1. The second kappa shape index (κ2) is 7.95. The summed E-state index contributed by atoms with van der Waals surface area (Å²) >= 11 is 0. The van der Waals surface area contributed by atoms with Gasteiger partial charge in [-0.3, -0.25) is 4.79 Å². The summed E-state index contributed by atoms with van der Waals surface area (Å²) in [6.45, 7) is 6.71. The summed E-state index contributed by atoms with van der Waals surface area (Å²) in [5, 5.41) is 0. The summed E-state index contributed by atoms with van der Waals surface area (Å²) in [5.41, 5.74) is 9.22. The highest BCUT2D eigenvalue weighted by Gasteiger charge is 2.33. The van der Waals surface area contributed by atoms with Gasteiger partial charge in [-0.2, -0.15) is 0 Å². The third-order valence-corrected chi connectivity index (χ3v) is 4.46. The molecule has 2 rings (SSSR count). The summed E-state index contributed by atoms with van der Waals surface area (Å²) in [7, 11) is 1.86. The molecule has 1 fully saturated rings. The lowest BCUT2D eigenvalue weighted by Gasteiger charge is -2.29. The van der Waals surface area contributed by atoms with E-state index in [1.54, 1.807) is 4.90 Å². The molecule has 4 nitrogen and oxygen atoms in total. The molecule has 1 heterocycles. The standard InChI is InChI=1S/C17H26N2O2.ClH/c1-11-5-6-12(2)15(9-11)13(3)19(4)17(20)16-8-7-14(10-18)21-16;/h5-6,9,13-14,16H,7-8,10,18H2,1-4H3;1H/t13?,14-,16+;/m1./s1. The fourth-order valence-electron chi connectivity index (χ4n) is 2.90. The van der Waals surface area contributed by atoms with Gasteiger partial charge in [-0.25, -0.2) is 0 Å². The molecule has 1 amide bonds. The monoisotopic (exact) mass is 326 g/mol. The zero-order valence-corrected chi connectivity index (χ0v) is 14.7. The Morgan fingerprint density at radius 3 is 2.68 bits per heavy atom. The van der Waals surface area contributed by atoms with Gasteiger partial charge in [0.15, 0.2) is 0 Å². The zero-order chi connectivity index (χ0) is 15.6. The number of amides is 1. The molecule has 1 aromatic carbocycles. The molecule has 0 aliphatic carbocycles. The number of carbonyl (C=O) groups is 1. The highest BCUT2D eigenvalue weighted by atomic mass is 35.5. The average molecular weight is 327 g/mol. The van der Waals surface area contributed by atoms with E-state index < -0.39 is 0 Å². The fourth-order valence-corrected chi connectivity index (χ4v) is 2.90. The van der Waals surface area contributed by atoms with E-state index in [2.05, 4.69) is 39.0 Å². The van der Waals surface area contributed by atoms with Crippen LogP contribution in [0.2, 0.25) is 0 Å². The summed E-state index contributed by atoms with van der Waals surface area (Å²) in [4.78, 5) is 14.4. The van der Waals surface area contributed by atoms with Gasteiger partial charge in [0, 0.05) is 13.6 Å². The Balaban J connectivity index is 0.00000242. The van der Waals surface area contributed by atoms with Gasteiger partial charge in [0.1, 0.15) is 6.10 Å². The number of halogens is 1. The van der Waals surface area contributed by atoms with Gasteiger partial charge in [-0.15, -0.1) is 12.4 Å². The van der Waals surface area contributed by atoms with E-state index in [9.17, 15) is 4.79 Å². The number of ether oxygens (including phenoxy) is 1. The van der Waals surface area contributed by atoms with E-state index in [0.29, 0.717) is 6.54 Å². The molecule has 1 saturated heterocycles. The van der Waals surface area contributed by atoms with Crippen molar-refractivity contribution in [2.24, 2.45) is 5.73 Å². The lowest BCUT2D eigenvalue weighted by atomic mass is 9.98. The first kappa shape index (κ1) is 18.9. The van der Waals surface area contributed by atoms with E-state index in [0.717, 1.165) is 12.8 Å². The van der Waals surface area contributed by atoms with Crippen LogP contribution < -0.4 is 5.73 Å². The first-order valence-electron chi connectivity index (χ1n) is 7.63. The van der Waals surface area contributed by atoms with Gasteiger partial charge < -0.3 is 15.4 Å². The van der Waals surface area contributed by atoms with Crippen LogP contribution in [-0.4, -0.2) is 36.6 Å². The SMILES string of the molecule is Cc1ccc(C)c(C(C)N(C)C(=O)[C@@H]2CC[C@H](CN)O2)c1.Cl. The molecule has 2 N–H and O–H groups in total. The maximum atomic E-state index is 12.6. The van der Waals surface area contributed by atoms with Crippen LogP contribution in [-0.2, 0) is 9.53 Å². The molecule has 5 heteroatoms. The number of hydrogen-bond acceptors (Lipinski definition) is 3. The Hall–Kier alpha value is -1.10. The van der Waals surface area contributed by atoms with Crippen LogP contribution in [0.4, 0.5) is 0 Å². The molecule has 0 bridgehead atoms. The molecule has 1 aromatic rings. The molecular formula is C17H27ClN2O2. The molecule has 1 unspecified atom stereocenters. The van der Waals surface area contributed by atoms with Crippen molar-refractivity contribution in [3.63, 3.8) is 0 Å². The van der Waals surface area contributed by atoms with Crippen LogP contribution in [0.5, 0.6) is 0 Å². The van der Waals surface area contributed by atoms with E-state index >= 15 is 0 Å². The van der Waals surface area contributed by atoms with Crippen molar-refractivity contribution in [2.75, 3.05) is 13.6 Å². The lowest BCUT2D eigenvalue weighted by Crippen LogP contribution is -2.38. The Morgan fingerprint density at radius 2 is 2.09 bits per heavy atom. The molecule has 0 aromatic heterocycles. The molecule has 1 aliphatic rings. The number of nitrogens with zero attached hydrogens (tertiary/aromatic N) is 1. The third kappa shape index (κ3) is 4.00. The summed E-state index contributed by atoms with van der Waals surface area (Å²) in [6, 6.07) is 6.40. The van der Waals surface area contributed by atoms with Crippen molar-refractivity contribution in [3.8, 4) is 0 Å². The summed E-state index contributed by atoms with van der Waals surface area (Å²) < 4.78 is 5.72. The number of hydrogen-bond donors (Lipinski definition) is 1. The van der Waals surface area contributed by atoms with Crippen molar-refractivity contribution in [1.29, 1.82) is 0 Å². The smallest absolute Gasteiger partial charge is 0.251 e.